The van der Waals surface area contributed by atoms with E-state index in [-0.39, 0.29) is 0 Å². The zero-order chi connectivity index (χ0) is 9.26. The van der Waals surface area contributed by atoms with E-state index in [4.69, 9.17) is 0 Å². The highest BCUT2D eigenvalue weighted by Crippen LogP contribution is 2.06. The Kier molecular flexibility index (Phi) is 2.02. The molecule has 0 aromatic carbocycles. The van der Waals surface area contributed by atoms with Gasteiger partial charge < -0.3 is 9.30 Å². The van der Waals surface area contributed by atoms with Gasteiger partial charge in [-0.3, -0.25) is 0 Å². The summed E-state index contributed by atoms with van der Waals surface area (Å²) in [5, 5.41) is 0. The first-order valence-electron chi connectivity index (χ1n) is 4.33. The molecule has 13 heavy (non-hydrogen) atoms. The Labute approximate surface area is 77.6 Å². The molecule has 0 atom stereocenters. The summed E-state index contributed by atoms with van der Waals surface area (Å²) < 4.78 is 2.11. The van der Waals surface area contributed by atoms with Crippen molar-refractivity contribution in [2.75, 3.05) is 14.1 Å². The molecule has 68 valence electrons. The van der Waals surface area contributed by atoms with Gasteiger partial charge in [0.05, 0.1) is 0 Å². The summed E-state index contributed by atoms with van der Waals surface area (Å²) in [7, 11) is 4.13. The van der Waals surface area contributed by atoms with E-state index in [0.717, 1.165) is 12.2 Å². The van der Waals surface area contributed by atoms with E-state index in [9.17, 15) is 0 Å². The zero-order valence-corrected chi connectivity index (χ0v) is 7.94. The van der Waals surface area contributed by atoms with Crippen molar-refractivity contribution in [3.8, 4) is 0 Å². The first-order valence-corrected chi connectivity index (χ1v) is 4.33. The molecule has 0 aliphatic carbocycles. The number of fused-ring (bicyclic) bond motifs is 1. The molecular weight excluding hydrogens is 162 g/mol. The third kappa shape index (κ3) is 1.55. The number of hydrogen-bond donors (Lipinski definition) is 0. The number of nitrogens with zero attached hydrogens (tertiary/aromatic N) is 3. The predicted molar refractivity (Wildman–Crippen MR) is 52.6 cm³/mol. The summed E-state index contributed by atoms with van der Waals surface area (Å²) in [4.78, 5) is 6.38. The van der Waals surface area contributed by atoms with Gasteiger partial charge in [-0.15, -0.1) is 0 Å². The second-order valence-corrected chi connectivity index (χ2v) is 3.41. The maximum atomic E-state index is 4.23. The summed E-state index contributed by atoms with van der Waals surface area (Å²) in [6.45, 7) is 0.938. The lowest BCUT2D eigenvalue weighted by molar-refractivity contribution is 0.395. The third-order valence-corrected chi connectivity index (χ3v) is 1.99. The van der Waals surface area contributed by atoms with Crippen LogP contribution < -0.4 is 0 Å². The van der Waals surface area contributed by atoms with Crippen molar-refractivity contribution >= 4 is 5.65 Å². The van der Waals surface area contributed by atoms with Crippen molar-refractivity contribution in [1.82, 2.24) is 14.3 Å². The molecule has 0 spiro atoms. The minimum absolute atomic E-state index is 0.938. The van der Waals surface area contributed by atoms with Gasteiger partial charge in [0.15, 0.2) is 0 Å². The molecule has 0 fully saturated rings. The molecule has 0 radical (unpaired) electrons. The minimum Gasteiger partial charge on any atom is -0.304 e. The average molecular weight is 175 g/mol. The molecule has 0 aliphatic heterocycles. The number of pyridine rings is 1. The number of imidazole rings is 1. The lowest BCUT2D eigenvalue weighted by Gasteiger charge is -2.10. The van der Waals surface area contributed by atoms with E-state index in [1.54, 1.807) is 0 Å². The first kappa shape index (κ1) is 8.26. The van der Waals surface area contributed by atoms with Gasteiger partial charge in [0.1, 0.15) is 5.65 Å². The Morgan fingerprint density at radius 2 is 2.23 bits per heavy atom. The fourth-order valence-electron chi connectivity index (χ4n) is 1.46. The lowest BCUT2D eigenvalue weighted by Crippen LogP contribution is -2.13. The molecule has 2 aromatic heterocycles. The van der Waals surface area contributed by atoms with E-state index >= 15 is 0 Å². The van der Waals surface area contributed by atoms with E-state index in [1.807, 2.05) is 24.5 Å². The van der Waals surface area contributed by atoms with Crippen LogP contribution in [0.3, 0.4) is 0 Å². The molecule has 2 rings (SSSR count). The molecule has 0 bridgehead atoms. The maximum absolute atomic E-state index is 4.23. The zero-order valence-electron chi connectivity index (χ0n) is 7.94. The molecular formula is C10H13N3. The summed E-state index contributed by atoms with van der Waals surface area (Å²) in [5.74, 6) is 0. The molecule has 2 aromatic rings. The number of hydrogen-bond acceptors (Lipinski definition) is 2. The van der Waals surface area contributed by atoms with Gasteiger partial charge in [-0.25, -0.2) is 4.98 Å². The predicted octanol–water partition coefficient (Wildman–Crippen LogP) is 1.40. The normalized spacial score (nSPS) is 11.3. The molecule has 0 saturated heterocycles. The first-order chi connectivity index (χ1) is 6.27. The fraction of sp³-hybridized carbons (Fsp3) is 0.300. The molecule has 3 heteroatoms. The van der Waals surface area contributed by atoms with Crippen molar-refractivity contribution in [1.29, 1.82) is 0 Å². The van der Waals surface area contributed by atoms with Gasteiger partial charge >= 0.3 is 0 Å². The van der Waals surface area contributed by atoms with Crippen molar-refractivity contribution < 1.29 is 0 Å². The van der Waals surface area contributed by atoms with Crippen LogP contribution in [0.25, 0.3) is 5.65 Å². The van der Waals surface area contributed by atoms with Gasteiger partial charge in [-0.2, -0.15) is 0 Å². The summed E-state index contributed by atoms with van der Waals surface area (Å²) >= 11 is 0. The largest absolute Gasteiger partial charge is 0.304 e. The highest BCUT2D eigenvalue weighted by atomic mass is 15.1. The molecule has 2 heterocycles. The van der Waals surface area contributed by atoms with E-state index in [0.29, 0.717) is 0 Å². The van der Waals surface area contributed by atoms with E-state index < -0.39 is 0 Å². The fourth-order valence-corrected chi connectivity index (χ4v) is 1.46. The van der Waals surface area contributed by atoms with Crippen LogP contribution in [0.4, 0.5) is 0 Å². The van der Waals surface area contributed by atoms with E-state index in [1.165, 1.54) is 5.69 Å². The van der Waals surface area contributed by atoms with Gasteiger partial charge in [-0.05, 0) is 26.2 Å². The lowest BCUT2D eigenvalue weighted by atomic mass is 10.3. The van der Waals surface area contributed by atoms with Gasteiger partial charge in [-0.1, -0.05) is 6.07 Å². The molecule has 3 nitrogen and oxygen atoms in total. The molecule has 0 amide bonds. The van der Waals surface area contributed by atoms with Crippen molar-refractivity contribution in [2.24, 2.45) is 0 Å². The van der Waals surface area contributed by atoms with Crippen LogP contribution in [0, 0.1) is 0 Å². The second-order valence-electron chi connectivity index (χ2n) is 3.41. The Balaban J connectivity index is 2.48. The van der Waals surface area contributed by atoms with Crippen molar-refractivity contribution in [3.63, 3.8) is 0 Å². The topological polar surface area (TPSA) is 20.5 Å². The SMILES string of the molecule is CN(C)Cc1cccc2nccn12. The Morgan fingerprint density at radius 3 is 3.00 bits per heavy atom. The van der Waals surface area contributed by atoms with Crippen LogP contribution in [-0.2, 0) is 6.54 Å². The standard InChI is InChI=1S/C10H13N3/c1-12(2)8-9-4-3-5-10-11-6-7-13(9)10/h3-7H,8H2,1-2H3. The van der Waals surface area contributed by atoms with Gasteiger partial charge in [0, 0.05) is 24.6 Å². The number of aromatic nitrogens is 2. The monoisotopic (exact) mass is 175 g/mol. The van der Waals surface area contributed by atoms with Crippen LogP contribution in [0.2, 0.25) is 0 Å². The van der Waals surface area contributed by atoms with Crippen LogP contribution >= 0.6 is 0 Å². The highest BCUT2D eigenvalue weighted by molar-refractivity contribution is 5.39. The summed E-state index contributed by atoms with van der Waals surface area (Å²) in [5.41, 5.74) is 2.28. The van der Waals surface area contributed by atoms with Crippen molar-refractivity contribution in [3.05, 3.63) is 36.3 Å². The van der Waals surface area contributed by atoms with Crippen LogP contribution in [0.15, 0.2) is 30.6 Å². The van der Waals surface area contributed by atoms with Crippen LogP contribution in [-0.4, -0.2) is 28.4 Å². The van der Waals surface area contributed by atoms with Crippen LogP contribution in [0.5, 0.6) is 0 Å². The summed E-state index contributed by atoms with van der Waals surface area (Å²) in [6.07, 6.45) is 3.82. The Morgan fingerprint density at radius 1 is 1.38 bits per heavy atom. The Bertz CT molecular complexity index is 403. The van der Waals surface area contributed by atoms with E-state index in [2.05, 4.69) is 34.4 Å². The Hall–Kier alpha value is -1.35. The highest BCUT2D eigenvalue weighted by Gasteiger charge is 2.00. The molecule has 0 N–H and O–H groups in total. The van der Waals surface area contributed by atoms with Gasteiger partial charge in [0.2, 0.25) is 0 Å². The minimum atomic E-state index is 0.938. The van der Waals surface area contributed by atoms with Gasteiger partial charge in [0.25, 0.3) is 0 Å². The smallest absolute Gasteiger partial charge is 0.136 e. The third-order valence-electron chi connectivity index (χ3n) is 1.99. The molecule has 0 saturated carbocycles. The van der Waals surface area contributed by atoms with Crippen molar-refractivity contribution in [2.45, 2.75) is 6.54 Å². The maximum Gasteiger partial charge on any atom is 0.136 e. The average Bonchev–Trinajstić information content (AvgIpc) is 2.51. The summed E-state index contributed by atoms with van der Waals surface area (Å²) in [6, 6.07) is 6.18. The van der Waals surface area contributed by atoms with Crippen LogP contribution in [0.1, 0.15) is 5.69 Å². The second kappa shape index (κ2) is 3.18. The quantitative estimate of drug-likeness (QED) is 0.687. The molecule has 0 unspecified atom stereocenters. The molecule has 0 aliphatic rings. The number of rotatable bonds is 2.